The van der Waals surface area contributed by atoms with Gasteiger partial charge in [0.1, 0.15) is 0 Å². The number of hydrogen-bond acceptors (Lipinski definition) is 0. The predicted octanol–water partition coefficient (Wildman–Crippen LogP) is 5.58. The largest absolute Gasteiger partial charge is 0.0798 e. The first-order valence-corrected chi connectivity index (χ1v) is 7.93. The summed E-state index contributed by atoms with van der Waals surface area (Å²) in [5.41, 5.74) is 5.96. The second-order valence-electron chi connectivity index (χ2n) is 6.15. The molecule has 0 heterocycles. The van der Waals surface area contributed by atoms with E-state index in [-0.39, 0.29) is 0 Å². The first-order valence-electron chi connectivity index (χ1n) is 7.93. The Morgan fingerprint density at radius 2 is 1.00 bits per heavy atom. The van der Waals surface area contributed by atoms with Crippen LogP contribution in [0.3, 0.4) is 0 Å². The topological polar surface area (TPSA) is 0 Å². The van der Waals surface area contributed by atoms with Gasteiger partial charge >= 0.3 is 0 Å². The molecule has 0 aromatic heterocycles. The maximum atomic E-state index is 2.49. The molecule has 0 saturated carbocycles. The summed E-state index contributed by atoms with van der Waals surface area (Å²) in [6.45, 7) is 0. The van der Waals surface area contributed by atoms with Crippen molar-refractivity contribution in [1.82, 2.24) is 0 Å². The Balaban J connectivity index is 1.63. The first kappa shape index (κ1) is 12.6. The molecule has 2 aliphatic carbocycles. The van der Waals surface area contributed by atoms with Crippen molar-refractivity contribution in [3.05, 3.63) is 83.9 Å². The normalized spacial score (nSPS) is 24.2. The van der Waals surface area contributed by atoms with Crippen molar-refractivity contribution in [2.75, 3.05) is 0 Å². The Hall–Kier alpha value is -2.08. The van der Waals surface area contributed by atoms with E-state index in [1.807, 2.05) is 0 Å². The molecule has 0 radical (unpaired) electrons. The Morgan fingerprint density at radius 1 is 0.571 bits per heavy atom. The standard InChI is InChI=1S/C21H20/c1-3-7-16(8-4-1)20-13-11-19-15-18(20)12-14-21(19)17-9-5-2-6-10-17/h1-10,13-14,18-19H,11-12,15H2/t18-,19-/m0/s1. The van der Waals surface area contributed by atoms with Crippen molar-refractivity contribution >= 4 is 11.1 Å². The maximum Gasteiger partial charge on any atom is -0.0118 e. The van der Waals surface area contributed by atoms with Gasteiger partial charge in [0.15, 0.2) is 0 Å². The van der Waals surface area contributed by atoms with Gasteiger partial charge in [-0.25, -0.2) is 0 Å². The van der Waals surface area contributed by atoms with Gasteiger partial charge in [-0.3, -0.25) is 0 Å². The van der Waals surface area contributed by atoms with Gasteiger partial charge in [-0.2, -0.15) is 0 Å². The van der Waals surface area contributed by atoms with Crippen molar-refractivity contribution in [2.45, 2.75) is 19.3 Å². The summed E-state index contributed by atoms with van der Waals surface area (Å²) in [5, 5.41) is 0. The lowest BCUT2D eigenvalue weighted by Crippen LogP contribution is -2.20. The molecule has 0 N–H and O–H groups in total. The van der Waals surface area contributed by atoms with Crippen molar-refractivity contribution < 1.29 is 0 Å². The molecule has 0 unspecified atom stereocenters. The molecule has 0 nitrogen and oxygen atoms in total. The van der Waals surface area contributed by atoms with Gasteiger partial charge in [-0.05, 0) is 53.4 Å². The molecule has 2 atom stereocenters. The Morgan fingerprint density at radius 3 is 1.43 bits per heavy atom. The molecule has 0 aliphatic heterocycles. The van der Waals surface area contributed by atoms with Crippen LogP contribution >= 0.6 is 0 Å². The minimum Gasteiger partial charge on any atom is -0.0798 e. The zero-order valence-electron chi connectivity index (χ0n) is 12.2. The number of fused-ring (bicyclic) bond motifs is 2. The fraction of sp³-hybridized carbons (Fsp3) is 0.238. The van der Waals surface area contributed by atoms with Crippen LogP contribution < -0.4 is 0 Å². The molecule has 104 valence electrons. The van der Waals surface area contributed by atoms with E-state index in [1.165, 1.54) is 30.4 Å². The first-order chi connectivity index (χ1) is 10.4. The van der Waals surface area contributed by atoms with E-state index in [0.717, 1.165) is 0 Å². The van der Waals surface area contributed by atoms with Crippen molar-refractivity contribution in [3.8, 4) is 0 Å². The molecule has 0 saturated heterocycles. The monoisotopic (exact) mass is 272 g/mol. The van der Waals surface area contributed by atoms with E-state index in [0.29, 0.717) is 11.8 Å². The SMILES string of the molecule is C1=C(c2ccccc2)[C@H]2CC=C(c3ccccc3)[C@@H](C1)C2. The van der Waals surface area contributed by atoms with Crippen molar-refractivity contribution in [1.29, 1.82) is 0 Å². The van der Waals surface area contributed by atoms with Gasteiger partial charge in [0.2, 0.25) is 0 Å². The molecule has 21 heavy (non-hydrogen) atoms. The van der Waals surface area contributed by atoms with Crippen LogP contribution in [0.2, 0.25) is 0 Å². The summed E-state index contributed by atoms with van der Waals surface area (Å²) < 4.78 is 0. The summed E-state index contributed by atoms with van der Waals surface area (Å²) in [4.78, 5) is 0. The smallest absolute Gasteiger partial charge is 0.0118 e. The van der Waals surface area contributed by atoms with Gasteiger partial charge in [0, 0.05) is 0 Å². The van der Waals surface area contributed by atoms with E-state index in [2.05, 4.69) is 72.8 Å². The van der Waals surface area contributed by atoms with Gasteiger partial charge in [0.05, 0.1) is 0 Å². The summed E-state index contributed by atoms with van der Waals surface area (Å²) >= 11 is 0. The molecule has 4 rings (SSSR count). The molecular weight excluding hydrogens is 252 g/mol. The van der Waals surface area contributed by atoms with Crippen LogP contribution in [-0.2, 0) is 0 Å². The Bertz CT molecular complexity index is 615. The number of allylic oxidation sites excluding steroid dienone is 4. The third-order valence-corrected chi connectivity index (χ3v) is 4.91. The van der Waals surface area contributed by atoms with Crippen LogP contribution in [0.15, 0.2) is 72.8 Å². The summed E-state index contributed by atoms with van der Waals surface area (Å²) in [7, 11) is 0. The van der Waals surface area contributed by atoms with Gasteiger partial charge in [0.25, 0.3) is 0 Å². The van der Waals surface area contributed by atoms with Crippen molar-refractivity contribution in [3.63, 3.8) is 0 Å². The second kappa shape index (κ2) is 5.37. The maximum absolute atomic E-state index is 2.49. The highest BCUT2D eigenvalue weighted by atomic mass is 14.3. The molecule has 0 fully saturated rings. The van der Waals surface area contributed by atoms with E-state index >= 15 is 0 Å². The zero-order valence-corrected chi connectivity index (χ0v) is 12.2. The molecule has 0 heteroatoms. The minimum absolute atomic E-state index is 0.707. The number of rotatable bonds is 2. The third-order valence-electron chi connectivity index (χ3n) is 4.91. The molecular formula is C21H20. The highest BCUT2D eigenvalue weighted by Crippen LogP contribution is 2.46. The summed E-state index contributed by atoms with van der Waals surface area (Å²) in [6.07, 6.45) is 8.65. The van der Waals surface area contributed by atoms with E-state index in [1.54, 1.807) is 11.1 Å². The van der Waals surface area contributed by atoms with Crippen molar-refractivity contribution in [2.24, 2.45) is 11.8 Å². The van der Waals surface area contributed by atoms with Crippen LogP contribution in [0.1, 0.15) is 30.4 Å². The lowest BCUT2D eigenvalue weighted by molar-refractivity contribution is 0.469. The quantitative estimate of drug-likeness (QED) is 0.669. The lowest BCUT2D eigenvalue weighted by Gasteiger charge is -2.35. The predicted molar refractivity (Wildman–Crippen MR) is 89.7 cm³/mol. The van der Waals surface area contributed by atoms with E-state index in [4.69, 9.17) is 0 Å². The van der Waals surface area contributed by atoms with Crippen LogP contribution in [0.4, 0.5) is 0 Å². The van der Waals surface area contributed by atoms with Gasteiger partial charge in [-0.15, -0.1) is 0 Å². The summed E-state index contributed by atoms with van der Waals surface area (Å²) in [6, 6.07) is 21.8. The van der Waals surface area contributed by atoms with Crippen LogP contribution in [0.25, 0.3) is 11.1 Å². The van der Waals surface area contributed by atoms with Gasteiger partial charge in [-0.1, -0.05) is 72.8 Å². The zero-order chi connectivity index (χ0) is 14.1. The van der Waals surface area contributed by atoms with Crippen LogP contribution in [0.5, 0.6) is 0 Å². The van der Waals surface area contributed by atoms with Crippen LogP contribution in [0, 0.1) is 11.8 Å². The second-order valence-corrected chi connectivity index (χ2v) is 6.15. The highest BCUT2D eigenvalue weighted by Gasteiger charge is 2.30. The molecule has 2 aliphatic rings. The van der Waals surface area contributed by atoms with E-state index < -0.39 is 0 Å². The number of benzene rings is 2. The average Bonchev–Trinajstić information content (AvgIpc) is 2.57. The van der Waals surface area contributed by atoms with Gasteiger partial charge < -0.3 is 0 Å². The highest BCUT2D eigenvalue weighted by molar-refractivity contribution is 5.75. The summed E-state index contributed by atoms with van der Waals surface area (Å²) in [5.74, 6) is 1.41. The fourth-order valence-corrected chi connectivity index (χ4v) is 3.88. The lowest BCUT2D eigenvalue weighted by atomic mass is 9.69. The molecule has 2 aromatic rings. The minimum atomic E-state index is 0.707. The molecule has 0 amide bonds. The molecule has 2 aromatic carbocycles. The Kier molecular flexibility index (Phi) is 3.23. The Labute approximate surface area is 126 Å². The molecule has 0 spiro atoms. The van der Waals surface area contributed by atoms with E-state index in [9.17, 15) is 0 Å². The third kappa shape index (κ3) is 2.35. The number of hydrogen-bond donors (Lipinski definition) is 0. The average molecular weight is 272 g/mol. The molecule has 2 bridgehead atoms. The fourth-order valence-electron chi connectivity index (χ4n) is 3.88. The van der Waals surface area contributed by atoms with Crippen LogP contribution in [-0.4, -0.2) is 0 Å².